The number of hydrogen-bond acceptors (Lipinski definition) is 6. The van der Waals surface area contributed by atoms with E-state index in [0.29, 0.717) is 5.76 Å². The van der Waals surface area contributed by atoms with Gasteiger partial charge in [-0.1, -0.05) is 0 Å². The van der Waals surface area contributed by atoms with Gasteiger partial charge in [0.15, 0.2) is 0 Å². The summed E-state index contributed by atoms with van der Waals surface area (Å²) in [6.07, 6.45) is 2.94. The van der Waals surface area contributed by atoms with Crippen molar-refractivity contribution in [3.8, 4) is 0 Å². The highest BCUT2D eigenvalue weighted by Crippen LogP contribution is 1.95. The average molecular weight is 277 g/mol. The molecule has 0 radical (unpaired) electrons. The fourth-order valence-corrected chi connectivity index (χ4v) is 1.36. The van der Waals surface area contributed by atoms with Crippen LogP contribution in [0, 0.1) is 0 Å². The number of rotatable bonds is 5. The van der Waals surface area contributed by atoms with Gasteiger partial charge in [-0.05, 0) is 12.1 Å². The molecule has 9 nitrogen and oxygen atoms in total. The summed E-state index contributed by atoms with van der Waals surface area (Å²) in [5.41, 5.74) is 1.06. The molecule has 0 aromatic carbocycles. The number of hydrazone groups is 1. The normalized spacial score (nSPS) is 10.8. The fourth-order valence-electron chi connectivity index (χ4n) is 1.36. The van der Waals surface area contributed by atoms with Gasteiger partial charge in [-0.25, -0.2) is 15.3 Å². The lowest BCUT2D eigenvalue weighted by atomic mass is 10.2. The van der Waals surface area contributed by atoms with E-state index in [1.165, 1.54) is 12.5 Å². The third-order valence-electron chi connectivity index (χ3n) is 2.29. The number of hydrogen-bond donors (Lipinski definition) is 3. The van der Waals surface area contributed by atoms with E-state index >= 15 is 0 Å². The SMILES string of the molecule is O=C(CCc1n[nH]c(=O)[nH]c1=O)N/N=C\c1ccco1. The van der Waals surface area contributed by atoms with Gasteiger partial charge in [0.05, 0.1) is 12.5 Å². The molecule has 104 valence electrons. The van der Waals surface area contributed by atoms with Gasteiger partial charge in [-0.2, -0.15) is 10.2 Å². The minimum Gasteiger partial charge on any atom is -0.463 e. The molecule has 0 saturated carbocycles. The molecule has 2 aromatic heterocycles. The zero-order chi connectivity index (χ0) is 14.4. The van der Waals surface area contributed by atoms with Gasteiger partial charge in [-0.15, -0.1) is 0 Å². The van der Waals surface area contributed by atoms with Gasteiger partial charge >= 0.3 is 5.69 Å². The van der Waals surface area contributed by atoms with Crippen molar-refractivity contribution in [1.29, 1.82) is 0 Å². The van der Waals surface area contributed by atoms with Crippen molar-refractivity contribution in [2.75, 3.05) is 0 Å². The number of H-pyrrole nitrogens is 2. The number of carbonyl (C=O) groups is 1. The summed E-state index contributed by atoms with van der Waals surface area (Å²) in [4.78, 5) is 35.5. The summed E-state index contributed by atoms with van der Waals surface area (Å²) in [5, 5.41) is 9.33. The second-order valence-corrected chi connectivity index (χ2v) is 3.76. The van der Waals surface area contributed by atoms with Gasteiger partial charge in [0, 0.05) is 12.8 Å². The predicted octanol–water partition coefficient (Wildman–Crippen LogP) is -0.866. The standard InChI is InChI=1S/C11H11N5O4/c17-9(15-12-6-7-2-1-5-20-7)4-3-8-10(18)13-11(19)16-14-8/h1-2,5-6H,3-4H2,(H,15,17)(H2,13,16,18,19)/b12-6-. The molecule has 0 atom stereocenters. The van der Waals surface area contributed by atoms with Crippen LogP contribution in [0.25, 0.3) is 0 Å². The van der Waals surface area contributed by atoms with Crippen molar-refractivity contribution in [1.82, 2.24) is 20.6 Å². The van der Waals surface area contributed by atoms with Crippen LogP contribution in [0.3, 0.4) is 0 Å². The molecule has 9 heteroatoms. The highest BCUT2D eigenvalue weighted by molar-refractivity contribution is 5.80. The third kappa shape index (κ3) is 3.77. The highest BCUT2D eigenvalue weighted by atomic mass is 16.3. The molecule has 2 heterocycles. The first-order valence-electron chi connectivity index (χ1n) is 5.68. The number of amides is 1. The number of aromatic amines is 2. The van der Waals surface area contributed by atoms with E-state index in [-0.39, 0.29) is 24.4 Å². The highest BCUT2D eigenvalue weighted by Gasteiger charge is 2.06. The Bertz CT molecular complexity index is 713. The first-order chi connectivity index (χ1) is 9.65. The molecule has 0 fully saturated rings. The Labute approximate surface area is 111 Å². The zero-order valence-electron chi connectivity index (χ0n) is 10.3. The molecule has 2 aromatic rings. The molecular weight excluding hydrogens is 266 g/mol. The van der Waals surface area contributed by atoms with Crippen LogP contribution in [-0.4, -0.2) is 27.3 Å². The smallest absolute Gasteiger partial charge is 0.342 e. The van der Waals surface area contributed by atoms with E-state index in [1.807, 2.05) is 4.98 Å². The Morgan fingerprint density at radius 2 is 2.35 bits per heavy atom. The minimum absolute atomic E-state index is 0.0115. The zero-order valence-corrected chi connectivity index (χ0v) is 10.3. The Morgan fingerprint density at radius 3 is 3.05 bits per heavy atom. The topological polar surface area (TPSA) is 133 Å². The van der Waals surface area contributed by atoms with Crippen LogP contribution in [0.1, 0.15) is 17.9 Å². The molecule has 0 aliphatic carbocycles. The van der Waals surface area contributed by atoms with Crippen molar-refractivity contribution in [3.05, 3.63) is 50.7 Å². The Hall–Kier alpha value is -2.97. The molecule has 1 amide bonds. The predicted molar refractivity (Wildman–Crippen MR) is 68.2 cm³/mol. The lowest BCUT2D eigenvalue weighted by Gasteiger charge is -1.98. The van der Waals surface area contributed by atoms with E-state index in [9.17, 15) is 14.4 Å². The van der Waals surface area contributed by atoms with Crippen molar-refractivity contribution >= 4 is 12.1 Å². The van der Waals surface area contributed by atoms with Crippen LogP contribution in [0.2, 0.25) is 0 Å². The Kier molecular flexibility index (Phi) is 4.22. The Balaban J connectivity index is 1.83. The maximum atomic E-state index is 11.5. The van der Waals surface area contributed by atoms with Gasteiger partial charge in [0.1, 0.15) is 11.5 Å². The van der Waals surface area contributed by atoms with Crippen molar-refractivity contribution in [3.63, 3.8) is 0 Å². The fraction of sp³-hybridized carbons (Fsp3) is 0.182. The van der Waals surface area contributed by atoms with E-state index in [0.717, 1.165) is 0 Å². The molecule has 3 N–H and O–H groups in total. The summed E-state index contributed by atoms with van der Waals surface area (Å²) in [6, 6.07) is 3.37. The summed E-state index contributed by atoms with van der Waals surface area (Å²) in [5.74, 6) is 0.115. The number of nitrogens with one attached hydrogen (secondary N) is 3. The van der Waals surface area contributed by atoms with E-state index in [1.54, 1.807) is 12.1 Å². The number of aromatic nitrogens is 3. The minimum atomic E-state index is -0.689. The monoisotopic (exact) mass is 277 g/mol. The number of carbonyl (C=O) groups excluding carboxylic acids is 1. The maximum Gasteiger partial charge on any atom is 0.342 e. The van der Waals surface area contributed by atoms with Crippen molar-refractivity contribution in [2.45, 2.75) is 12.8 Å². The summed E-state index contributed by atoms with van der Waals surface area (Å²) >= 11 is 0. The quantitative estimate of drug-likeness (QED) is 0.482. The van der Waals surface area contributed by atoms with E-state index < -0.39 is 11.2 Å². The average Bonchev–Trinajstić information content (AvgIpc) is 2.91. The lowest BCUT2D eigenvalue weighted by molar-refractivity contribution is -0.121. The van der Waals surface area contributed by atoms with Gasteiger partial charge < -0.3 is 4.42 Å². The number of furan rings is 1. The van der Waals surface area contributed by atoms with Crippen LogP contribution in [-0.2, 0) is 11.2 Å². The molecule has 0 bridgehead atoms. The molecule has 2 rings (SSSR count). The first kappa shape index (κ1) is 13.5. The van der Waals surface area contributed by atoms with Crippen molar-refractivity contribution < 1.29 is 9.21 Å². The molecule has 0 unspecified atom stereocenters. The number of aryl methyl sites for hydroxylation is 1. The maximum absolute atomic E-state index is 11.5. The molecule has 20 heavy (non-hydrogen) atoms. The summed E-state index contributed by atoms with van der Waals surface area (Å²) in [6.45, 7) is 0. The van der Waals surface area contributed by atoms with Crippen LogP contribution in [0.4, 0.5) is 0 Å². The van der Waals surface area contributed by atoms with Crippen molar-refractivity contribution in [2.24, 2.45) is 5.10 Å². The molecule has 0 aliphatic rings. The summed E-state index contributed by atoms with van der Waals surface area (Å²) in [7, 11) is 0. The van der Waals surface area contributed by atoms with Crippen LogP contribution < -0.4 is 16.7 Å². The number of nitrogens with zero attached hydrogens (tertiary/aromatic N) is 2. The first-order valence-corrected chi connectivity index (χ1v) is 5.68. The van der Waals surface area contributed by atoms with Gasteiger partial charge in [-0.3, -0.25) is 14.6 Å². The third-order valence-corrected chi connectivity index (χ3v) is 2.29. The largest absolute Gasteiger partial charge is 0.463 e. The molecular formula is C11H11N5O4. The van der Waals surface area contributed by atoms with E-state index in [2.05, 4.69) is 20.7 Å². The van der Waals surface area contributed by atoms with Crippen LogP contribution in [0.15, 0.2) is 37.5 Å². The Morgan fingerprint density at radius 1 is 1.50 bits per heavy atom. The molecule has 0 saturated heterocycles. The second-order valence-electron chi connectivity index (χ2n) is 3.76. The van der Waals surface area contributed by atoms with Gasteiger partial charge in [0.25, 0.3) is 5.56 Å². The molecule has 0 spiro atoms. The van der Waals surface area contributed by atoms with E-state index in [4.69, 9.17) is 4.42 Å². The molecule has 0 aliphatic heterocycles. The van der Waals surface area contributed by atoms with Crippen LogP contribution in [0.5, 0.6) is 0 Å². The second kappa shape index (κ2) is 6.27. The summed E-state index contributed by atoms with van der Waals surface area (Å²) < 4.78 is 4.98. The lowest BCUT2D eigenvalue weighted by Crippen LogP contribution is -2.28. The van der Waals surface area contributed by atoms with Crippen LogP contribution >= 0.6 is 0 Å². The van der Waals surface area contributed by atoms with Gasteiger partial charge in [0.2, 0.25) is 5.91 Å².